The fourth-order valence-electron chi connectivity index (χ4n) is 1.37. The van der Waals surface area contributed by atoms with Crippen LogP contribution in [0, 0.1) is 0 Å². The van der Waals surface area contributed by atoms with E-state index in [0.29, 0.717) is 0 Å². The maximum absolute atomic E-state index is 11.9. The molecule has 1 rings (SSSR count). The highest BCUT2D eigenvalue weighted by Gasteiger charge is 2.18. The summed E-state index contributed by atoms with van der Waals surface area (Å²) in [7, 11) is -5.99. The molecule has 0 saturated heterocycles. The van der Waals surface area contributed by atoms with Crippen LogP contribution in [0.2, 0.25) is 0 Å². The van der Waals surface area contributed by atoms with Crippen LogP contribution in [-0.2, 0) is 24.8 Å². The van der Waals surface area contributed by atoms with E-state index >= 15 is 0 Å². The van der Waals surface area contributed by atoms with Gasteiger partial charge in [0.05, 0.1) is 11.3 Å². The Kier molecular flexibility index (Phi) is 5.31. The van der Waals surface area contributed by atoms with Crippen LogP contribution >= 0.6 is 0 Å². The van der Waals surface area contributed by atoms with Gasteiger partial charge >= 0.3 is 16.2 Å². The van der Waals surface area contributed by atoms with E-state index in [1.807, 2.05) is 0 Å². The first-order valence-corrected chi connectivity index (χ1v) is 9.11. The molecule has 1 aromatic carbocycles. The molecule has 0 radical (unpaired) electrons. The number of hydrogen-bond acceptors (Lipinski definition) is 5. The van der Waals surface area contributed by atoms with E-state index < -0.39 is 26.0 Å². The van der Waals surface area contributed by atoms with Gasteiger partial charge in [-0.15, -0.1) is 0 Å². The average Bonchev–Trinajstić information content (AvgIpc) is 2.34. The van der Waals surface area contributed by atoms with Gasteiger partial charge in [0.2, 0.25) is 0 Å². The van der Waals surface area contributed by atoms with Crippen LogP contribution in [0.3, 0.4) is 0 Å². The molecule has 0 aliphatic heterocycles. The van der Waals surface area contributed by atoms with Gasteiger partial charge in [-0.3, -0.25) is 9.52 Å². The molecule has 8 nitrogen and oxygen atoms in total. The zero-order valence-electron chi connectivity index (χ0n) is 11.5. The number of sulfone groups is 1. The minimum absolute atomic E-state index is 0.0738. The van der Waals surface area contributed by atoms with Crippen LogP contribution in [0.4, 0.5) is 5.69 Å². The molecule has 10 heteroatoms. The summed E-state index contributed by atoms with van der Waals surface area (Å²) in [5.74, 6) is -1.10. The summed E-state index contributed by atoms with van der Waals surface area (Å²) in [6.45, 7) is -0.175. The van der Waals surface area contributed by atoms with Crippen molar-refractivity contribution in [1.82, 2.24) is 4.31 Å². The summed E-state index contributed by atoms with van der Waals surface area (Å²) in [5, 5.41) is 8.53. The second kappa shape index (κ2) is 6.41. The van der Waals surface area contributed by atoms with Gasteiger partial charge in [0.25, 0.3) is 0 Å². The number of carboxylic acid groups (broad SMARTS) is 1. The molecule has 0 aromatic heterocycles. The summed E-state index contributed by atoms with van der Waals surface area (Å²) in [4.78, 5) is 10.5. The smallest absolute Gasteiger partial charge is 0.304 e. The highest BCUT2D eigenvalue weighted by atomic mass is 32.2. The van der Waals surface area contributed by atoms with Crippen molar-refractivity contribution in [3.8, 4) is 0 Å². The molecule has 0 heterocycles. The largest absolute Gasteiger partial charge is 0.481 e. The molecule has 0 saturated carbocycles. The quantitative estimate of drug-likeness (QED) is 0.731. The summed E-state index contributed by atoms with van der Waals surface area (Å²) in [5.41, 5.74) is 0.185. The van der Waals surface area contributed by atoms with Crippen molar-refractivity contribution in [2.45, 2.75) is 11.3 Å². The van der Waals surface area contributed by atoms with Crippen molar-refractivity contribution in [2.75, 3.05) is 24.6 Å². The first-order chi connectivity index (χ1) is 9.52. The van der Waals surface area contributed by atoms with Gasteiger partial charge in [0.1, 0.15) is 0 Å². The average molecular weight is 336 g/mol. The third-order valence-electron chi connectivity index (χ3n) is 2.58. The van der Waals surface area contributed by atoms with Gasteiger partial charge in [-0.25, -0.2) is 8.42 Å². The van der Waals surface area contributed by atoms with E-state index in [2.05, 4.69) is 4.72 Å². The van der Waals surface area contributed by atoms with Gasteiger partial charge in [0.15, 0.2) is 9.84 Å². The fourth-order valence-corrected chi connectivity index (χ4v) is 2.92. The molecule has 0 unspecified atom stereocenters. The fraction of sp³-hybridized carbons (Fsp3) is 0.364. The van der Waals surface area contributed by atoms with Crippen molar-refractivity contribution in [3.05, 3.63) is 24.3 Å². The van der Waals surface area contributed by atoms with Crippen LogP contribution in [0.15, 0.2) is 29.2 Å². The van der Waals surface area contributed by atoms with Gasteiger partial charge in [0, 0.05) is 25.5 Å². The Bertz CT molecular complexity index is 710. The first-order valence-electron chi connectivity index (χ1n) is 5.78. The second-order valence-electron chi connectivity index (χ2n) is 4.37. The summed E-state index contributed by atoms with van der Waals surface area (Å²) in [6, 6.07) is 5.20. The standard InChI is InChI=1S/C11H16N2O6S2/c1-13(8-7-11(14)15)21(18,19)12-9-3-5-10(6-4-9)20(2,16)17/h3-6,12H,7-8H2,1-2H3,(H,14,15). The third-order valence-corrected chi connectivity index (χ3v) is 5.21. The maximum Gasteiger partial charge on any atom is 0.304 e. The van der Waals surface area contributed by atoms with Crippen molar-refractivity contribution in [1.29, 1.82) is 0 Å². The number of aliphatic carboxylic acids is 1. The Morgan fingerprint density at radius 3 is 2.14 bits per heavy atom. The molecule has 0 amide bonds. The lowest BCUT2D eigenvalue weighted by Crippen LogP contribution is -2.34. The molecular weight excluding hydrogens is 320 g/mol. The van der Waals surface area contributed by atoms with E-state index in [9.17, 15) is 21.6 Å². The number of nitrogens with zero attached hydrogens (tertiary/aromatic N) is 1. The lowest BCUT2D eigenvalue weighted by atomic mass is 10.3. The van der Waals surface area contributed by atoms with Crippen molar-refractivity contribution < 1.29 is 26.7 Å². The maximum atomic E-state index is 11.9. The Morgan fingerprint density at radius 1 is 1.19 bits per heavy atom. The van der Waals surface area contributed by atoms with E-state index in [1.165, 1.54) is 31.3 Å². The molecule has 0 bridgehead atoms. The molecule has 1 aromatic rings. The Hall–Kier alpha value is -1.65. The van der Waals surface area contributed by atoms with Gasteiger partial charge in [-0.2, -0.15) is 12.7 Å². The normalized spacial score (nSPS) is 12.3. The van der Waals surface area contributed by atoms with Crippen molar-refractivity contribution in [3.63, 3.8) is 0 Å². The number of anilines is 1. The highest BCUT2D eigenvalue weighted by molar-refractivity contribution is 7.90. The van der Waals surface area contributed by atoms with Crippen molar-refractivity contribution in [2.24, 2.45) is 0 Å². The lowest BCUT2D eigenvalue weighted by Gasteiger charge is -2.17. The lowest BCUT2D eigenvalue weighted by molar-refractivity contribution is -0.137. The topological polar surface area (TPSA) is 121 Å². The van der Waals surface area contributed by atoms with Crippen LogP contribution in [0.25, 0.3) is 0 Å². The monoisotopic (exact) mass is 336 g/mol. The van der Waals surface area contributed by atoms with E-state index in [4.69, 9.17) is 5.11 Å². The first kappa shape index (κ1) is 17.4. The Balaban J connectivity index is 2.82. The molecule has 2 N–H and O–H groups in total. The van der Waals surface area contributed by atoms with Gasteiger partial charge < -0.3 is 5.11 Å². The molecule has 0 aliphatic carbocycles. The van der Waals surface area contributed by atoms with Crippen LogP contribution in [-0.4, -0.2) is 52.1 Å². The van der Waals surface area contributed by atoms with Crippen LogP contribution < -0.4 is 4.72 Å². The Labute approximate surface area is 123 Å². The molecule has 0 atom stereocenters. The van der Waals surface area contributed by atoms with Crippen LogP contribution in [0.5, 0.6) is 0 Å². The van der Waals surface area contributed by atoms with E-state index in [1.54, 1.807) is 0 Å². The molecule has 0 aliphatic rings. The molecule has 21 heavy (non-hydrogen) atoms. The summed E-state index contributed by atoms with van der Waals surface area (Å²) >= 11 is 0. The van der Waals surface area contributed by atoms with Crippen molar-refractivity contribution >= 4 is 31.7 Å². The minimum atomic E-state index is -3.89. The number of carbonyl (C=O) groups is 1. The second-order valence-corrected chi connectivity index (χ2v) is 8.16. The minimum Gasteiger partial charge on any atom is -0.481 e. The third kappa shape index (κ3) is 5.33. The molecule has 0 fully saturated rings. The number of nitrogens with one attached hydrogen (secondary N) is 1. The molecular formula is C11H16N2O6S2. The zero-order chi connectivity index (χ0) is 16.3. The summed E-state index contributed by atoms with van der Waals surface area (Å²) < 4.78 is 49.5. The predicted octanol–water partition coefficient (Wildman–Crippen LogP) is 0.153. The van der Waals surface area contributed by atoms with Crippen LogP contribution in [0.1, 0.15) is 6.42 Å². The highest BCUT2D eigenvalue weighted by Crippen LogP contribution is 2.15. The Morgan fingerprint density at radius 2 is 1.71 bits per heavy atom. The number of benzene rings is 1. The molecule has 0 spiro atoms. The predicted molar refractivity (Wildman–Crippen MR) is 77.0 cm³/mol. The zero-order valence-corrected chi connectivity index (χ0v) is 13.1. The summed E-state index contributed by atoms with van der Waals surface area (Å²) in [6.07, 6.45) is 0.732. The SMILES string of the molecule is CN(CCC(=O)O)S(=O)(=O)Nc1ccc(S(C)(=O)=O)cc1. The number of rotatable bonds is 7. The number of carboxylic acids is 1. The number of hydrogen-bond donors (Lipinski definition) is 2. The van der Waals surface area contributed by atoms with Gasteiger partial charge in [-0.1, -0.05) is 0 Å². The molecule has 118 valence electrons. The van der Waals surface area contributed by atoms with E-state index in [-0.39, 0.29) is 23.5 Å². The van der Waals surface area contributed by atoms with Gasteiger partial charge in [-0.05, 0) is 24.3 Å². The van der Waals surface area contributed by atoms with E-state index in [0.717, 1.165) is 10.6 Å².